The van der Waals surface area contributed by atoms with Gasteiger partial charge < -0.3 is 14.3 Å². The summed E-state index contributed by atoms with van der Waals surface area (Å²) in [5.74, 6) is 0.134. The Bertz CT molecular complexity index is 202. The van der Waals surface area contributed by atoms with E-state index >= 15 is 0 Å². The Morgan fingerprint density at radius 1 is 0.944 bits per heavy atom. The highest BCUT2D eigenvalue weighted by atomic mass is 16.5. The molecule has 0 saturated carbocycles. The quantitative estimate of drug-likeness (QED) is 0.472. The second-order valence-electron chi connectivity index (χ2n) is 3.91. The molecule has 0 bridgehead atoms. The summed E-state index contributed by atoms with van der Waals surface area (Å²) in [6.07, 6.45) is 4.61. The summed E-state index contributed by atoms with van der Waals surface area (Å²) in [6.45, 7) is 9.04. The van der Waals surface area contributed by atoms with Gasteiger partial charge in [0, 0.05) is 13.0 Å². The molecule has 0 unspecified atom stereocenters. The highest BCUT2D eigenvalue weighted by Gasteiger charge is 1.98. The minimum atomic E-state index is -0.184. The van der Waals surface area contributed by atoms with Crippen molar-refractivity contribution in [1.29, 1.82) is 0 Å². The van der Waals surface area contributed by atoms with E-state index in [1.807, 2.05) is 6.92 Å². The number of Topliss-reactive ketones (excluding diaryl/α,β-unsaturated/α-hetero) is 1. The Morgan fingerprint density at radius 2 is 1.61 bits per heavy atom. The summed E-state index contributed by atoms with van der Waals surface area (Å²) in [5.41, 5.74) is 0. The zero-order valence-corrected chi connectivity index (χ0v) is 12.3. The molecule has 0 heterocycles. The molecule has 0 atom stereocenters. The van der Waals surface area contributed by atoms with Crippen LogP contribution in [0.25, 0.3) is 0 Å². The molecule has 0 amide bonds. The molecule has 0 aliphatic rings. The van der Waals surface area contributed by atoms with E-state index in [1.54, 1.807) is 13.8 Å². The van der Waals surface area contributed by atoms with Crippen molar-refractivity contribution in [2.45, 2.75) is 59.8 Å². The lowest BCUT2D eigenvalue weighted by Gasteiger charge is -2.00. The van der Waals surface area contributed by atoms with Gasteiger partial charge in [-0.25, -0.2) is 0 Å². The van der Waals surface area contributed by atoms with Crippen molar-refractivity contribution in [3.8, 4) is 0 Å². The number of carbonyl (C=O) groups excluding carboxylic acids is 2. The summed E-state index contributed by atoms with van der Waals surface area (Å²) in [7, 11) is 0. The van der Waals surface area contributed by atoms with E-state index < -0.39 is 0 Å². The largest absolute Gasteiger partial charge is 0.466 e. The van der Waals surface area contributed by atoms with Crippen LogP contribution in [0.3, 0.4) is 0 Å². The van der Waals surface area contributed by atoms with E-state index in [-0.39, 0.29) is 5.97 Å². The molecule has 4 heteroatoms. The number of hydrogen-bond acceptors (Lipinski definition) is 4. The Labute approximate surface area is 111 Å². The van der Waals surface area contributed by atoms with Crippen LogP contribution >= 0.6 is 0 Å². The highest BCUT2D eigenvalue weighted by molar-refractivity contribution is 5.75. The van der Waals surface area contributed by atoms with Gasteiger partial charge in [0.25, 0.3) is 0 Å². The summed E-state index contributed by atoms with van der Waals surface area (Å²) < 4.78 is 9.62. The zero-order valence-electron chi connectivity index (χ0n) is 12.3. The third kappa shape index (κ3) is 20.5. The van der Waals surface area contributed by atoms with Crippen molar-refractivity contribution in [3.05, 3.63) is 0 Å². The number of rotatable bonds is 9. The van der Waals surface area contributed by atoms with Crippen molar-refractivity contribution in [2.24, 2.45) is 0 Å². The van der Waals surface area contributed by atoms with Gasteiger partial charge in [0.1, 0.15) is 5.78 Å². The van der Waals surface area contributed by atoms with E-state index in [4.69, 9.17) is 4.74 Å². The topological polar surface area (TPSA) is 52.6 Å². The van der Waals surface area contributed by atoms with Crippen LogP contribution in [-0.4, -0.2) is 31.6 Å². The first-order valence-electron chi connectivity index (χ1n) is 6.81. The Balaban J connectivity index is 0. The smallest absolute Gasteiger partial charge is 0.308 e. The van der Waals surface area contributed by atoms with Crippen LogP contribution < -0.4 is 0 Å². The van der Waals surface area contributed by atoms with Gasteiger partial charge in [0.2, 0.25) is 0 Å². The molecule has 0 aromatic heterocycles. The van der Waals surface area contributed by atoms with Crippen molar-refractivity contribution in [2.75, 3.05) is 19.8 Å². The van der Waals surface area contributed by atoms with Gasteiger partial charge >= 0.3 is 5.97 Å². The van der Waals surface area contributed by atoms with E-state index in [0.29, 0.717) is 32.0 Å². The van der Waals surface area contributed by atoms with Crippen LogP contribution in [0.15, 0.2) is 0 Å². The minimum absolute atomic E-state index is 0.184. The molecule has 4 nitrogen and oxygen atoms in total. The van der Waals surface area contributed by atoms with Crippen LogP contribution in [0.2, 0.25) is 0 Å². The predicted octanol–water partition coefficient (Wildman–Crippen LogP) is 3.13. The molecule has 0 aromatic carbocycles. The van der Waals surface area contributed by atoms with Crippen molar-refractivity contribution >= 4 is 11.8 Å². The maximum absolute atomic E-state index is 10.6. The van der Waals surface area contributed by atoms with Gasteiger partial charge in [-0.2, -0.15) is 0 Å². The number of carbonyl (C=O) groups is 2. The fraction of sp³-hybridized carbons (Fsp3) is 0.857. The molecule has 0 aliphatic heterocycles. The predicted molar refractivity (Wildman–Crippen MR) is 72.6 cm³/mol. The van der Waals surface area contributed by atoms with Crippen LogP contribution in [0.5, 0.6) is 0 Å². The van der Waals surface area contributed by atoms with Crippen LogP contribution in [0, 0.1) is 0 Å². The molecular formula is C14H28O4. The SMILES string of the molecule is CCCCCC(C)=O.CCOCCC(=O)OCC. The maximum atomic E-state index is 10.6. The molecule has 0 aliphatic carbocycles. The molecule has 0 rings (SSSR count). The second kappa shape index (κ2) is 16.1. The van der Waals surface area contributed by atoms with Crippen LogP contribution in [0.4, 0.5) is 0 Å². The lowest BCUT2D eigenvalue weighted by atomic mass is 10.2. The van der Waals surface area contributed by atoms with Crippen LogP contribution in [-0.2, 0) is 19.1 Å². The first-order valence-corrected chi connectivity index (χ1v) is 6.81. The fourth-order valence-corrected chi connectivity index (χ4v) is 1.16. The summed E-state index contributed by atoms with van der Waals surface area (Å²) in [6, 6.07) is 0. The van der Waals surface area contributed by atoms with Crippen molar-refractivity contribution < 1.29 is 19.1 Å². The summed E-state index contributed by atoms with van der Waals surface area (Å²) in [5, 5.41) is 0. The molecular weight excluding hydrogens is 232 g/mol. The van der Waals surface area contributed by atoms with Gasteiger partial charge in [0.05, 0.1) is 19.6 Å². The summed E-state index contributed by atoms with van der Waals surface area (Å²) >= 11 is 0. The number of hydrogen-bond donors (Lipinski definition) is 0. The molecule has 108 valence electrons. The highest BCUT2D eigenvalue weighted by Crippen LogP contribution is 1.98. The average Bonchev–Trinajstić information content (AvgIpc) is 2.30. The molecule has 0 saturated heterocycles. The number of esters is 1. The standard InChI is InChI=1S/C7H14O3.C7H14O/c1-3-9-6-5-7(8)10-4-2;1-3-4-5-6-7(2)8/h3-6H2,1-2H3;3-6H2,1-2H3. The first-order chi connectivity index (χ1) is 8.58. The molecule has 18 heavy (non-hydrogen) atoms. The lowest BCUT2D eigenvalue weighted by molar-refractivity contribution is -0.144. The Kier molecular flexibility index (Phi) is 17.4. The van der Waals surface area contributed by atoms with Crippen molar-refractivity contribution in [3.63, 3.8) is 0 Å². The third-order valence-corrected chi connectivity index (χ3v) is 2.09. The zero-order chi connectivity index (χ0) is 14.2. The Hall–Kier alpha value is -0.900. The van der Waals surface area contributed by atoms with E-state index in [9.17, 15) is 9.59 Å². The minimum Gasteiger partial charge on any atom is -0.466 e. The van der Waals surface area contributed by atoms with Gasteiger partial charge in [-0.05, 0) is 27.2 Å². The van der Waals surface area contributed by atoms with Gasteiger partial charge in [-0.1, -0.05) is 19.8 Å². The van der Waals surface area contributed by atoms with E-state index in [0.717, 1.165) is 12.8 Å². The van der Waals surface area contributed by atoms with Gasteiger partial charge in [-0.3, -0.25) is 4.79 Å². The van der Waals surface area contributed by atoms with Gasteiger partial charge in [-0.15, -0.1) is 0 Å². The third-order valence-electron chi connectivity index (χ3n) is 2.09. The molecule has 0 radical (unpaired) electrons. The monoisotopic (exact) mass is 260 g/mol. The normalized spacial score (nSPS) is 9.33. The molecule has 0 spiro atoms. The molecule has 0 N–H and O–H groups in total. The number of unbranched alkanes of at least 4 members (excludes halogenated alkanes) is 2. The summed E-state index contributed by atoms with van der Waals surface area (Å²) in [4.78, 5) is 20.9. The van der Waals surface area contributed by atoms with Crippen LogP contribution in [0.1, 0.15) is 59.8 Å². The van der Waals surface area contributed by atoms with Gasteiger partial charge in [0.15, 0.2) is 0 Å². The van der Waals surface area contributed by atoms with E-state index in [2.05, 4.69) is 11.7 Å². The number of ether oxygens (including phenoxy) is 2. The Morgan fingerprint density at radius 3 is 2.06 bits per heavy atom. The molecule has 0 fully saturated rings. The van der Waals surface area contributed by atoms with E-state index in [1.165, 1.54) is 12.8 Å². The number of ketones is 1. The fourth-order valence-electron chi connectivity index (χ4n) is 1.16. The lowest BCUT2D eigenvalue weighted by Crippen LogP contribution is -2.07. The van der Waals surface area contributed by atoms with Crippen molar-refractivity contribution in [1.82, 2.24) is 0 Å². The molecule has 0 aromatic rings. The second-order valence-corrected chi connectivity index (χ2v) is 3.91. The average molecular weight is 260 g/mol. The maximum Gasteiger partial charge on any atom is 0.308 e. The first kappa shape index (κ1) is 19.4.